The van der Waals surface area contributed by atoms with Crippen molar-refractivity contribution in [2.24, 2.45) is 0 Å². The summed E-state index contributed by atoms with van der Waals surface area (Å²) >= 11 is 5.93. The van der Waals surface area contributed by atoms with Crippen molar-refractivity contribution in [3.63, 3.8) is 0 Å². The third-order valence-corrected chi connectivity index (χ3v) is 6.23. The van der Waals surface area contributed by atoms with E-state index in [1.165, 1.54) is 17.3 Å². The average molecular weight is 357 g/mol. The molecule has 2 unspecified atom stereocenters. The Bertz CT molecular complexity index is 625. The van der Waals surface area contributed by atoms with Crippen LogP contribution in [0.4, 0.5) is 4.39 Å². The number of aryl methyl sites for hydroxylation is 1. The van der Waals surface area contributed by atoms with E-state index < -0.39 is 15.8 Å². The van der Waals surface area contributed by atoms with Gasteiger partial charge in [0.2, 0.25) is 10.0 Å². The minimum absolute atomic E-state index is 0. The number of sulfonamides is 1. The Morgan fingerprint density at radius 2 is 2.00 bits per heavy atom. The second kappa shape index (κ2) is 6.79. The lowest BCUT2D eigenvalue weighted by atomic mass is 10.1. The van der Waals surface area contributed by atoms with Gasteiger partial charge in [-0.2, -0.15) is 4.31 Å². The largest absolute Gasteiger partial charge is 0.311 e. The highest BCUT2D eigenvalue weighted by molar-refractivity contribution is 7.89. The van der Waals surface area contributed by atoms with Crippen LogP contribution in [0, 0.1) is 12.7 Å². The molecule has 21 heavy (non-hydrogen) atoms. The predicted molar refractivity (Wildman–Crippen MR) is 84.2 cm³/mol. The maximum Gasteiger partial charge on any atom is 0.244 e. The molecule has 2 rings (SSSR count). The fraction of sp³-hybridized carbons (Fsp3) is 0.538. The van der Waals surface area contributed by atoms with Gasteiger partial charge in [-0.1, -0.05) is 11.6 Å². The second-order valence-electron chi connectivity index (χ2n) is 5.13. The number of benzene rings is 1. The summed E-state index contributed by atoms with van der Waals surface area (Å²) in [5.41, 5.74) is 0.267. The van der Waals surface area contributed by atoms with Gasteiger partial charge in [0.15, 0.2) is 0 Å². The molecule has 1 aromatic carbocycles. The van der Waals surface area contributed by atoms with Crippen molar-refractivity contribution in [3.8, 4) is 0 Å². The maximum atomic E-state index is 13.4. The van der Waals surface area contributed by atoms with Crippen LogP contribution in [0.1, 0.15) is 19.4 Å². The molecule has 0 amide bonds. The van der Waals surface area contributed by atoms with Crippen molar-refractivity contribution < 1.29 is 12.8 Å². The third kappa shape index (κ3) is 3.51. The molecule has 0 radical (unpaired) electrons. The lowest BCUT2D eigenvalue weighted by molar-refractivity contribution is 0.233. The molecule has 120 valence electrons. The van der Waals surface area contributed by atoms with Crippen LogP contribution in [0.2, 0.25) is 5.02 Å². The molecule has 0 aromatic heterocycles. The van der Waals surface area contributed by atoms with Gasteiger partial charge < -0.3 is 5.32 Å². The summed E-state index contributed by atoms with van der Waals surface area (Å²) < 4.78 is 40.3. The molecule has 4 nitrogen and oxygen atoms in total. The fourth-order valence-corrected chi connectivity index (χ4v) is 4.60. The van der Waals surface area contributed by atoms with E-state index in [4.69, 9.17) is 11.6 Å². The molecule has 0 saturated carbocycles. The molecule has 1 saturated heterocycles. The van der Waals surface area contributed by atoms with Crippen molar-refractivity contribution in [1.29, 1.82) is 0 Å². The van der Waals surface area contributed by atoms with Crippen LogP contribution in [0.25, 0.3) is 0 Å². The van der Waals surface area contributed by atoms with Crippen molar-refractivity contribution >= 4 is 34.0 Å². The highest BCUT2D eigenvalue weighted by Gasteiger charge is 2.35. The normalized spacial score (nSPS) is 23.7. The monoisotopic (exact) mass is 356 g/mol. The summed E-state index contributed by atoms with van der Waals surface area (Å²) in [4.78, 5) is -0.0287. The zero-order valence-electron chi connectivity index (χ0n) is 12.1. The van der Waals surface area contributed by atoms with Crippen LogP contribution in [0.15, 0.2) is 17.0 Å². The molecule has 1 fully saturated rings. The van der Waals surface area contributed by atoms with Gasteiger partial charge in [0, 0.05) is 25.2 Å². The maximum absolute atomic E-state index is 13.4. The van der Waals surface area contributed by atoms with Gasteiger partial charge >= 0.3 is 0 Å². The first kappa shape index (κ1) is 18.6. The van der Waals surface area contributed by atoms with Gasteiger partial charge in [0.25, 0.3) is 0 Å². The Labute approximate surface area is 136 Å². The molecular formula is C13H19Cl2FN2O2S. The fourth-order valence-electron chi connectivity index (χ4n) is 2.32. The number of nitrogens with zero attached hydrogens (tertiary/aromatic N) is 1. The topological polar surface area (TPSA) is 49.4 Å². The number of rotatable bonds is 2. The highest BCUT2D eigenvalue weighted by Crippen LogP contribution is 2.29. The minimum Gasteiger partial charge on any atom is -0.311 e. The van der Waals surface area contributed by atoms with Crippen LogP contribution in [-0.2, 0) is 10.0 Å². The van der Waals surface area contributed by atoms with Crippen molar-refractivity contribution in [2.45, 2.75) is 37.8 Å². The smallest absolute Gasteiger partial charge is 0.244 e. The van der Waals surface area contributed by atoms with Gasteiger partial charge in [-0.15, -0.1) is 12.4 Å². The molecular weight excluding hydrogens is 338 g/mol. The Hall–Kier alpha value is -0.400. The summed E-state index contributed by atoms with van der Waals surface area (Å²) in [7, 11) is -3.72. The lowest BCUT2D eigenvalue weighted by Gasteiger charge is -2.37. The molecule has 1 N–H and O–H groups in total. The summed E-state index contributed by atoms with van der Waals surface area (Å²) in [6, 6.07) is 2.22. The van der Waals surface area contributed by atoms with Crippen LogP contribution in [0.3, 0.4) is 0 Å². The highest BCUT2D eigenvalue weighted by atomic mass is 35.5. The first-order valence-electron chi connectivity index (χ1n) is 6.46. The summed E-state index contributed by atoms with van der Waals surface area (Å²) in [5.74, 6) is -0.504. The minimum atomic E-state index is -3.72. The SMILES string of the molecule is Cc1cc(S(=O)(=O)N2CCNC(C)C2C)c(Cl)cc1F.Cl. The van der Waals surface area contributed by atoms with E-state index in [0.717, 1.165) is 6.07 Å². The van der Waals surface area contributed by atoms with Crippen LogP contribution < -0.4 is 5.32 Å². The van der Waals surface area contributed by atoms with Crippen LogP contribution in [0.5, 0.6) is 0 Å². The van der Waals surface area contributed by atoms with E-state index in [9.17, 15) is 12.8 Å². The molecule has 1 aliphatic heterocycles. The van der Waals surface area contributed by atoms with Gasteiger partial charge in [-0.3, -0.25) is 0 Å². The van der Waals surface area contributed by atoms with Gasteiger partial charge in [-0.25, -0.2) is 12.8 Å². The number of nitrogens with one attached hydrogen (secondary N) is 1. The molecule has 0 bridgehead atoms. The number of hydrogen-bond acceptors (Lipinski definition) is 3. The van der Waals surface area contributed by atoms with Crippen LogP contribution >= 0.6 is 24.0 Å². The summed E-state index contributed by atoms with van der Waals surface area (Å²) in [6.45, 7) is 6.26. The van der Waals surface area contributed by atoms with E-state index in [1.54, 1.807) is 0 Å². The molecule has 0 spiro atoms. The van der Waals surface area contributed by atoms with Crippen molar-refractivity contribution in [2.75, 3.05) is 13.1 Å². The molecule has 1 heterocycles. The Morgan fingerprint density at radius 3 is 2.62 bits per heavy atom. The van der Waals surface area contributed by atoms with E-state index in [2.05, 4.69) is 5.32 Å². The van der Waals surface area contributed by atoms with Gasteiger partial charge in [-0.05, 0) is 38.5 Å². The van der Waals surface area contributed by atoms with Crippen LogP contribution in [-0.4, -0.2) is 37.9 Å². The van der Waals surface area contributed by atoms with E-state index in [-0.39, 0.29) is 40.0 Å². The molecule has 1 aliphatic rings. The molecule has 0 aliphatic carbocycles. The van der Waals surface area contributed by atoms with E-state index >= 15 is 0 Å². The number of piperazine rings is 1. The predicted octanol–water partition coefficient (Wildman–Crippen LogP) is 2.58. The Kier molecular flexibility index (Phi) is 6.03. The second-order valence-corrected chi connectivity index (χ2v) is 7.40. The van der Waals surface area contributed by atoms with Crippen molar-refractivity contribution in [3.05, 3.63) is 28.5 Å². The first-order chi connectivity index (χ1) is 9.25. The van der Waals surface area contributed by atoms with Gasteiger partial charge in [0.05, 0.1) is 5.02 Å². The summed E-state index contributed by atoms with van der Waals surface area (Å²) in [5, 5.41) is 3.14. The standard InChI is InChI=1S/C13H18ClFN2O2S.ClH/c1-8-6-13(11(14)7-12(8)15)20(18,19)17-5-4-16-9(2)10(17)3;/h6-7,9-10,16H,4-5H2,1-3H3;1H. The first-order valence-corrected chi connectivity index (χ1v) is 8.28. The molecule has 1 aromatic rings. The lowest BCUT2D eigenvalue weighted by Crippen LogP contribution is -2.57. The average Bonchev–Trinajstić information content (AvgIpc) is 2.36. The Balaban J connectivity index is 0.00000220. The molecule has 2 atom stereocenters. The summed E-state index contributed by atoms with van der Waals surface area (Å²) in [6.07, 6.45) is 0. The third-order valence-electron chi connectivity index (χ3n) is 3.78. The quantitative estimate of drug-likeness (QED) is 0.885. The van der Waals surface area contributed by atoms with Gasteiger partial charge in [0.1, 0.15) is 10.7 Å². The zero-order valence-corrected chi connectivity index (χ0v) is 14.4. The Morgan fingerprint density at radius 1 is 1.38 bits per heavy atom. The van der Waals surface area contributed by atoms with Crippen molar-refractivity contribution in [1.82, 2.24) is 9.62 Å². The van der Waals surface area contributed by atoms with E-state index in [0.29, 0.717) is 13.1 Å². The molecule has 8 heteroatoms. The van der Waals surface area contributed by atoms with E-state index in [1.807, 2.05) is 13.8 Å². The zero-order chi connectivity index (χ0) is 15.1. The number of halogens is 3. The number of hydrogen-bond donors (Lipinski definition) is 1.